The molecular weight excluding hydrogens is 385 g/mol. The molecule has 154 valence electrons. The number of nitrogens with zero attached hydrogens (tertiary/aromatic N) is 1. The zero-order valence-corrected chi connectivity index (χ0v) is 16.5. The van der Waals surface area contributed by atoms with E-state index in [4.69, 9.17) is 15.2 Å². The van der Waals surface area contributed by atoms with E-state index in [9.17, 15) is 9.18 Å². The number of nitrogens with one attached hydrogen (secondary N) is 1. The topological polar surface area (TPSA) is 85.9 Å². The van der Waals surface area contributed by atoms with Crippen molar-refractivity contribution in [2.75, 3.05) is 12.3 Å². The van der Waals surface area contributed by atoms with E-state index in [-0.39, 0.29) is 12.4 Å². The molecule has 0 fully saturated rings. The molecule has 3 aromatic rings. The van der Waals surface area contributed by atoms with Crippen LogP contribution in [0.1, 0.15) is 28.4 Å². The standard InChI is InChI=1S/C23H22FN3O3/c1-2-29-22-13-16(14-26-27-23(28)18-8-4-6-10-20(18)25)11-12-21(22)30-15-17-7-3-5-9-19(17)24/h3-14H,2,15,25H2,1H3,(H,27,28)/b26-14-. The molecule has 1 amide bonds. The number of rotatable bonds is 8. The van der Waals surface area contributed by atoms with Gasteiger partial charge < -0.3 is 15.2 Å². The molecule has 3 aromatic carbocycles. The number of benzene rings is 3. The molecule has 0 aliphatic rings. The lowest BCUT2D eigenvalue weighted by molar-refractivity contribution is 0.0956. The van der Waals surface area contributed by atoms with Crippen LogP contribution in [-0.2, 0) is 6.61 Å². The van der Waals surface area contributed by atoms with Crippen molar-refractivity contribution in [3.05, 3.63) is 89.2 Å². The molecule has 0 heterocycles. The Labute approximate surface area is 174 Å². The minimum Gasteiger partial charge on any atom is -0.490 e. The van der Waals surface area contributed by atoms with Crippen molar-refractivity contribution in [3.8, 4) is 11.5 Å². The van der Waals surface area contributed by atoms with Crippen molar-refractivity contribution >= 4 is 17.8 Å². The van der Waals surface area contributed by atoms with Crippen molar-refractivity contribution in [1.82, 2.24) is 5.43 Å². The van der Waals surface area contributed by atoms with Gasteiger partial charge in [-0.05, 0) is 48.9 Å². The number of ether oxygens (including phenoxy) is 2. The second kappa shape index (κ2) is 10.1. The van der Waals surface area contributed by atoms with E-state index >= 15 is 0 Å². The maximum atomic E-state index is 13.8. The molecule has 0 unspecified atom stereocenters. The highest BCUT2D eigenvalue weighted by Gasteiger charge is 2.09. The Hall–Kier alpha value is -3.87. The number of nitrogen functional groups attached to an aromatic ring is 1. The Balaban J connectivity index is 1.68. The average molecular weight is 407 g/mol. The second-order valence-electron chi connectivity index (χ2n) is 6.31. The molecule has 0 spiro atoms. The Morgan fingerprint density at radius 3 is 2.60 bits per heavy atom. The number of halogens is 1. The smallest absolute Gasteiger partial charge is 0.273 e. The summed E-state index contributed by atoms with van der Waals surface area (Å²) in [6, 6.07) is 18.4. The molecule has 0 aliphatic heterocycles. The third-order valence-electron chi connectivity index (χ3n) is 4.19. The lowest BCUT2D eigenvalue weighted by Gasteiger charge is -2.13. The lowest BCUT2D eigenvalue weighted by Crippen LogP contribution is -2.19. The predicted octanol–water partition coefficient (Wildman–Crippen LogP) is 4.15. The average Bonchev–Trinajstić information content (AvgIpc) is 2.74. The maximum absolute atomic E-state index is 13.8. The van der Waals surface area contributed by atoms with Gasteiger partial charge >= 0.3 is 0 Å². The van der Waals surface area contributed by atoms with Crippen molar-refractivity contribution in [2.45, 2.75) is 13.5 Å². The van der Waals surface area contributed by atoms with E-state index in [1.54, 1.807) is 60.7 Å². The van der Waals surface area contributed by atoms with Crippen LogP contribution in [0.3, 0.4) is 0 Å². The highest BCUT2D eigenvalue weighted by atomic mass is 19.1. The van der Waals surface area contributed by atoms with Gasteiger partial charge in [-0.1, -0.05) is 30.3 Å². The molecule has 0 saturated carbocycles. The number of anilines is 1. The van der Waals surface area contributed by atoms with Crippen LogP contribution in [0.4, 0.5) is 10.1 Å². The summed E-state index contributed by atoms with van der Waals surface area (Å²) in [5.74, 6) is 0.253. The van der Waals surface area contributed by atoms with Gasteiger partial charge in [-0.2, -0.15) is 5.10 Å². The number of carbonyl (C=O) groups excluding carboxylic acids is 1. The van der Waals surface area contributed by atoms with E-state index in [1.807, 2.05) is 6.92 Å². The first-order valence-corrected chi connectivity index (χ1v) is 9.39. The summed E-state index contributed by atoms with van der Waals surface area (Å²) in [6.45, 7) is 2.36. The van der Waals surface area contributed by atoms with Gasteiger partial charge in [-0.25, -0.2) is 9.82 Å². The quantitative estimate of drug-likeness (QED) is 0.334. The summed E-state index contributed by atoms with van der Waals surface area (Å²) in [4.78, 5) is 12.1. The minimum atomic E-state index is -0.403. The molecule has 7 heteroatoms. The van der Waals surface area contributed by atoms with Gasteiger partial charge in [-0.3, -0.25) is 4.79 Å². The summed E-state index contributed by atoms with van der Waals surface area (Å²) in [6.07, 6.45) is 1.49. The van der Waals surface area contributed by atoms with Crippen molar-refractivity contribution in [1.29, 1.82) is 0 Å². The minimum absolute atomic E-state index is 0.0781. The van der Waals surface area contributed by atoms with E-state index in [0.29, 0.717) is 40.5 Å². The first-order chi connectivity index (χ1) is 14.6. The Morgan fingerprint density at radius 1 is 1.07 bits per heavy atom. The fourth-order valence-corrected chi connectivity index (χ4v) is 2.69. The molecule has 0 aliphatic carbocycles. The number of para-hydroxylation sites is 1. The van der Waals surface area contributed by atoms with Crippen LogP contribution in [0.25, 0.3) is 0 Å². The van der Waals surface area contributed by atoms with Gasteiger partial charge in [0.2, 0.25) is 0 Å². The van der Waals surface area contributed by atoms with Crippen molar-refractivity contribution in [3.63, 3.8) is 0 Å². The molecule has 0 saturated heterocycles. The summed E-state index contributed by atoms with van der Waals surface area (Å²) in [5.41, 5.74) is 10.1. The predicted molar refractivity (Wildman–Crippen MR) is 114 cm³/mol. The molecule has 30 heavy (non-hydrogen) atoms. The lowest BCUT2D eigenvalue weighted by atomic mass is 10.2. The van der Waals surface area contributed by atoms with Gasteiger partial charge in [0.15, 0.2) is 11.5 Å². The Bertz CT molecular complexity index is 1050. The van der Waals surface area contributed by atoms with Crippen LogP contribution >= 0.6 is 0 Å². The van der Waals surface area contributed by atoms with Crippen LogP contribution in [0, 0.1) is 5.82 Å². The van der Waals surface area contributed by atoms with Gasteiger partial charge in [0.1, 0.15) is 12.4 Å². The van der Waals surface area contributed by atoms with Crippen LogP contribution in [0.2, 0.25) is 0 Å². The fraction of sp³-hybridized carbons (Fsp3) is 0.130. The highest BCUT2D eigenvalue weighted by Crippen LogP contribution is 2.29. The summed E-state index contributed by atoms with van der Waals surface area (Å²) < 4.78 is 25.1. The summed E-state index contributed by atoms with van der Waals surface area (Å²) >= 11 is 0. The van der Waals surface area contributed by atoms with Gasteiger partial charge in [0, 0.05) is 11.3 Å². The van der Waals surface area contributed by atoms with E-state index in [2.05, 4.69) is 10.5 Å². The third kappa shape index (κ3) is 5.35. The zero-order valence-electron chi connectivity index (χ0n) is 16.5. The number of hydrogen-bond donors (Lipinski definition) is 2. The van der Waals surface area contributed by atoms with Crippen LogP contribution in [0.5, 0.6) is 11.5 Å². The maximum Gasteiger partial charge on any atom is 0.273 e. The number of amides is 1. The molecular formula is C23H22FN3O3. The summed E-state index contributed by atoms with van der Waals surface area (Å²) in [7, 11) is 0. The number of carbonyl (C=O) groups is 1. The van der Waals surface area contributed by atoms with Crippen LogP contribution in [0.15, 0.2) is 71.8 Å². The van der Waals surface area contributed by atoms with Crippen LogP contribution in [-0.4, -0.2) is 18.7 Å². The fourth-order valence-electron chi connectivity index (χ4n) is 2.69. The normalized spacial score (nSPS) is 10.7. The molecule has 0 aromatic heterocycles. The Morgan fingerprint density at radius 2 is 1.83 bits per heavy atom. The number of nitrogens with two attached hydrogens (primary N) is 1. The number of hydrogen-bond acceptors (Lipinski definition) is 5. The van der Waals surface area contributed by atoms with Gasteiger partial charge in [0.05, 0.1) is 18.4 Å². The molecule has 0 bridgehead atoms. The molecule has 0 radical (unpaired) electrons. The monoisotopic (exact) mass is 407 g/mol. The SMILES string of the molecule is CCOc1cc(/C=N\NC(=O)c2ccccc2N)ccc1OCc1ccccc1F. The van der Waals surface area contributed by atoms with E-state index in [0.717, 1.165) is 0 Å². The number of hydrazone groups is 1. The van der Waals surface area contributed by atoms with Gasteiger partial charge in [-0.15, -0.1) is 0 Å². The third-order valence-corrected chi connectivity index (χ3v) is 4.19. The first-order valence-electron chi connectivity index (χ1n) is 9.39. The highest BCUT2D eigenvalue weighted by molar-refractivity contribution is 5.99. The Kier molecular flexibility index (Phi) is 7.00. The molecule has 6 nitrogen and oxygen atoms in total. The van der Waals surface area contributed by atoms with Gasteiger partial charge in [0.25, 0.3) is 5.91 Å². The van der Waals surface area contributed by atoms with E-state index in [1.165, 1.54) is 12.3 Å². The molecule has 0 atom stereocenters. The largest absolute Gasteiger partial charge is 0.490 e. The molecule has 3 rings (SSSR count). The van der Waals surface area contributed by atoms with Crippen LogP contribution < -0.4 is 20.6 Å². The van der Waals surface area contributed by atoms with Crippen molar-refractivity contribution in [2.24, 2.45) is 5.10 Å². The van der Waals surface area contributed by atoms with E-state index < -0.39 is 5.91 Å². The van der Waals surface area contributed by atoms with Crippen molar-refractivity contribution < 1.29 is 18.7 Å². The zero-order chi connectivity index (χ0) is 21.3. The first kappa shape index (κ1) is 20.9. The molecule has 3 N–H and O–H groups in total. The second-order valence-corrected chi connectivity index (χ2v) is 6.31. The summed E-state index contributed by atoms with van der Waals surface area (Å²) in [5, 5.41) is 3.97.